The van der Waals surface area contributed by atoms with Crippen LogP contribution in [0.4, 0.5) is 5.69 Å². The summed E-state index contributed by atoms with van der Waals surface area (Å²) < 4.78 is 5.19. The van der Waals surface area contributed by atoms with E-state index in [9.17, 15) is 5.26 Å². The van der Waals surface area contributed by atoms with Crippen LogP contribution in [-0.4, -0.2) is 12.1 Å². The van der Waals surface area contributed by atoms with Crippen molar-refractivity contribution in [1.82, 2.24) is 4.98 Å². The summed E-state index contributed by atoms with van der Waals surface area (Å²) in [6.45, 7) is 2.20. The molecule has 5 heteroatoms. The zero-order valence-corrected chi connectivity index (χ0v) is 16.9. The summed E-state index contributed by atoms with van der Waals surface area (Å²) in [5.74, 6) is 0.807. The van der Waals surface area contributed by atoms with Crippen molar-refractivity contribution in [2.24, 2.45) is 0 Å². The van der Waals surface area contributed by atoms with Crippen molar-refractivity contribution in [1.29, 1.82) is 5.26 Å². The average Bonchev–Trinajstić information content (AvgIpc) is 3.23. The largest absolute Gasteiger partial charge is 0.497 e. The van der Waals surface area contributed by atoms with Gasteiger partial charge in [-0.15, -0.1) is 11.3 Å². The molecule has 0 unspecified atom stereocenters. The summed E-state index contributed by atoms with van der Waals surface area (Å²) in [4.78, 5) is 4.61. The molecule has 28 heavy (non-hydrogen) atoms. The smallest absolute Gasteiger partial charge is 0.136 e. The van der Waals surface area contributed by atoms with Gasteiger partial charge in [-0.1, -0.05) is 25.5 Å². The number of methoxy groups -OCH3 is 1. The Morgan fingerprint density at radius 2 is 1.93 bits per heavy atom. The minimum absolute atomic E-state index is 0.514. The fourth-order valence-corrected chi connectivity index (χ4v) is 3.53. The maximum absolute atomic E-state index is 9.54. The number of thiazole rings is 1. The van der Waals surface area contributed by atoms with Gasteiger partial charge in [0.1, 0.15) is 22.4 Å². The predicted octanol–water partition coefficient (Wildman–Crippen LogP) is 6.14. The van der Waals surface area contributed by atoms with E-state index in [-0.39, 0.29) is 0 Å². The van der Waals surface area contributed by atoms with E-state index in [1.165, 1.54) is 29.7 Å². The molecule has 0 spiro atoms. The van der Waals surface area contributed by atoms with Crippen LogP contribution in [-0.2, 0) is 6.42 Å². The molecule has 0 fully saturated rings. The van der Waals surface area contributed by atoms with Crippen LogP contribution < -0.4 is 10.1 Å². The number of rotatable bonds is 8. The van der Waals surface area contributed by atoms with E-state index in [0.717, 1.165) is 29.1 Å². The van der Waals surface area contributed by atoms with Crippen LogP contribution in [0, 0.1) is 11.3 Å². The van der Waals surface area contributed by atoms with Gasteiger partial charge in [0, 0.05) is 22.8 Å². The molecule has 0 saturated heterocycles. The van der Waals surface area contributed by atoms with Gasteiger partial charge in [0.2, 0.25) is 0 Å². The van der Waals surface area contributed by atoms with Gasteiger partial charge in [-0.3, -0.25) is 0 Å². The van der Waals surface area contributed by atoms with Gasteiger partial charge in [0.05, 0.1) is 12.8 Å². The van der Waals surface area contributed by atoms with Crippen LogP contribution in [0.15, 0.2) is 60.1 Å². The molecule has 4 nitrogen and oxygen atoms in total. The number of unbranched alkanes of at least 4 members (excludes halogenated alkanes) is 1. The highest BCUT2D eigenvalue weighted by Gasteiger charge is 2.09. The molecule has 0 radical (unpaired) electrons. The number of allylic oxidation sites excluding steroid dienone is 1. The summed E-state index contributed by atoms with van der Waals surface area (Å²) >= 11 is 1.46. The number of aryl methyl sites for hydroxylation is 1. The fourth-order valence-electron chi connectivity index (χ4n) is 2.74. The van der Waals surface area contributed by atoms with E-state index >= 15 is 0 Å². The van der Waals surface area contributed by atoms with Crippen molar-refractivity contribution in [2.45, 2.75) is 26.2 Å². The quantitative estimate of drug-likeness (QED) is 0.470. The third-order valence-corrected chi connectivity index (χ3v) is 5.27. The van der Waals surface area contributed by atoms with Crippen LogP contribution >= 0.6 is 11.3 Å². The van der Waals surface area contributed by atoms with E-state index in [4.69, 9.17) is 4.74 Å². The highest BCUT2D eigenvalue weighted by Crippen LogP contribution is 2.27. The van der Waals surface area contributed by atoms with Gasteiger partial charge in [-0.2, -0.15) is 5.26 Å². The average molecular weight is 390 g/mol. The number of hydrogen-bond donors (Lipinski definition) is 1. The molecule has 1 heterocycles. The Bertz CT molecular complexity index is 966. The summed E-state index contributed by atoms with van der Waals surface area (Å²) in [5, 5.41) is 15.4. The summed E-state index contributed by atoms with van der Waals surface area (Å²) in [6, 6.07) is 18.3. The van der Waals surface area contributed by atoms with Crippen LogP contribution in [0.25, 0.3) is 16.8 Å². The molecule has 0 saturated carbocycles. The van der Waals surface area contributed by atoms with Gasteiger partial charge < -0.3 is 10.1 Å². The van der Waals surface area contributed by atoms with E-state index < -0.39 is 0 Å². The van der Waals surface area contributed by atoms with Gasteiger partial charge >= 0.3 is 0 Å². The number of nitrogens with zero attached hydrogens (tertiary/aromatic N) is 2. The molecule has 3 rings (SSSR count). The lowest BCUT2D eigenvalue weighted by molar-refractivity contribution is 0.415. The van der Waals surface area contributed by atoms with Crippen LogP contribution in [0.2, 0.25) is 0 Å². The monoisotopic (exact) mass is 389 g/mol. The van der Waals surface area contributed by atoms with E-state index in [2.05, 4.69) is 35.4 Å². The Morgan fingerprint density at radius 3 is 2.57 bits per heavy atom. The Morgan fingerprint density at radius 1 is 1.18 bits per heavy atom. The number of aromatic nitrogens is 1. The maximum Gasteiger partial charge on any atom is 0.136 e. The maximum atomic E-state index is 9.54. The number of nitriles is 1. The van der Waals surface area contributed by atoms with E-state index in [0.29, 0.717) is 10.6 Å². The third-order valence-electron chi connectivity index (χ3n) is 4.40. The minimum Gasteiger partial charge on any atom is -0.497 e. The number of hydrogen-bond acceptors (Lipinski definition) is 5. The molecular weight excluding hydrogens is 366 g/mol. The van der Waals surface area contributed by atoms with Gasteiger partial charge in [0.15, 0.2) is 0 Å². The highest BCUT2D eigenvalue weighted by atomic mass is 32.1. The van der Waals surface area contributed by atoms with E-state index in [1.54, 1.807) is 13.3 Å². The molecule has 0 atom stereocenters. The normalized spacial score (nSPS) is 11.1. The summed E-state index contributed by atoms with van der Waals surface area (Å²) in [7, 11) is 1.64. The van der Waals surface area contributed by atoms with Crippen LogP contribution in [0.1, 0.15) is 30.3 Å². The lowest BCUT2D eigenvalue weighted by Gasteiger charge is -2.04. The van der Waals surface area contributed by atoms with Gasteiger partial charge in [-0.25, -0.2) is 4.98 Å². The molecule has 142 valence electrons. The molecule has 3 aromatic rings. The zero-order chi connectivity index (χ0) is 19.8. The highest BCUT2D eigenvalue weighted by molar-refractivity contribution is 7.11. The zero-order valence-electron chi connectivity index (χ0n) is 16.1. The Hall–Kier alpha value is -3.10. The van der Waals surface area contributed by atoms with Crippen molar-refractivity contribution >= 4 is 22.6 Å². The van der Waals surface area contributed by atoms with Crippen LogP contribution in [0.5, 0.6) is 5.75 Å². The van der Waals surface area contributed by atoms with Gasteiger partial charge in [-0.05, 0) is 54.8 Å². The van der Waals surface area contributed by atoms with Crippen LogP contribution in [0.3, 0.4) is 0 Å². The summed E-state index contributed by atoms with van der Waals surface area (Å²) in [5.41, 5.74) is 4.65. The second-order valence-electron chi connectivity index (χ2n) is 6.38. The SMILES string of the molecule is CCCCc1ccc(NC=C(C#N)c2nc(-c3ccc(OC)cc3)cs2)cc1. The van der Waals surface area contributed by atoms with Crippen molar-refractivity contribution in [3.05, 3.63) is 70.7 Å². The lowest BCUT2D eigenvalue weighted by atomic mass is 10.1. The Kier molecular flexibility index (Phi) is 6.83. The number of benzene rings is 2. The Balaban J connectivity index is 1.71. The third kappa shape index (κ3) is 4.99. The first-order chi connectivity index (χ1) is 13.7. The molecule has 2 aromatic carbocycles. The van der Waals surface area contributed by atoms with Gasteiger partial charge in [0.25, 0.3) is 0 Å². The lowest BCUT2D eigenvalue weighted by Crippen LogP contribution is -1.92. The topological polar surface area (TPSA) is 57.9 Å². The second-order valence-corrected chi connectivity index (χ2v) is 7.24. The number of nitrogens with one attached hydrogen (secondary N) is 1. The number of anilines is 1. The molecule has 0 aliphatic heterocycles. The standard InChI is InChI=1S/C23H23N3OS/c1-3-4-5-17-6-10-20(11-7-17)25-15-19(14-24)23-26-22(16-28-23)18-8-12-21(27-2)13-9-18/h6-13,15-16,25H,3-5H2,1-2H3. The number of ether oxygens (including phenoxy) is 1. The summed E-state index contributed by atoms with van der Waals surface area (Å²) in [6.07, 6.45) is 5.22. The van der Waals surface area contributed by atoms with Crippen molar-refractivity contribution in [2.75, 3.05) is 12.4 Å². The molecule has 0 aliphatic rings. The molecule has 0 amide bonds. The first-order valence-electron chi connectivity index (χ1n) is 9.29. The first kappa shape index (κ1) is 19.7. The molecule has 0 aliphatic carbocycles. The molecule has 1 N–H and O–H groups in total. The molecule has 0 bridgehead atoms. The molecular formula is C23H23N3OS. The second kappa shape index (κ2) is 9.72. The Labute approximate surface area is 170 Å². The minimum atomic E-state index is 0.514. The molecule has 1 aromatic heterocycles. The predicted molar refractivity (Wildman–Crippen MR) is 116 cm³/mol. The van der Waals surface area contributed by atoms with Crippen molar-refractivity contribution < 1.29 is 4.74 Å². The van der Waals surface area contributed by atoms with Crippen molar-refractivity contribution in [3.63, 3.8) is 0 Å². The first-order valence-corrected chi connectivity index (χ1v) is 10.2. The fraction of sp³-hybridized carbons (Fsp3) is 0.217. The van der Waals surface area contributed by atoms with E-state index in [1.807, 2.05) is 41.8 Å². The van der Waals surface area contributed by atoms with Crippen molar-refractivity contribution in [3.8, 4) is 23.1 Å².